The van der Waals surface area contributed by atoms with Gasteiger partial charge >= 0.3 is 0 Å². The summed E-state index contributed by atoms with van der Waals surface area (Å²) in [7, 11) is 0. The van der Waals surface area contributed by atoms with E-state index in [4.69, 9.17) is 0 Å². The first-order valence-corrected chi connectivity index (χ1v) is 13.4. The number of amides is 2. The van der Waals surface area contributed by atoms with Gasteiger partial charge in [0.2, 0.25) is 11.8 Å². The van der Waals surface area contributed by atoms with Crippen LogP contribution in [0.1, 0.15) is 43.4 Å². The van der Waals surface area contributed by atoms with Gasteiger partial charge in [-0.05, 0) is 55.7 Å². The summed E-state index contributed by atoms with van der Waals surface area (Å²) in [6.45, 7) is 6.26. The van der Waals surface area contributed by atoms with E-state index in [2.05, 4.69) is 29.6 Å². The number of hydrogen-bond donors (Lipinski definition) is 1. The van der Waals surface area contributed by atoms with E-state index in [1.807, 2.05) is 51.1 Å². The van der Waals surface area contributed by atoms with Crippen LogP contribution in [0.25, 0.3) is 0 Å². The normalized spacial score (nSPS) is 12.6. The first-order valence-electron chi connectivity index (χ1n) is 12.4. The standard InChI is InChI=1S/C30H35FN2O2S/c1-4-23(3)32-30(35)28(20-24-8-6-5-7-9-24)33(21-25-12-14-26(31)15-13-25)29(34)18-19-36-27-16-10-22(2)11-17-27/h5-17,23,28H,4,18-21H2,1-3H3,(H,32,35)/t23-,28-/m1/s1. The molecule has 0 fully saturated rings. The monoisotopic (exact) mass is 506 g/mol. The second-order valence-corrected chi connectivity index (χ2v) is 10.3. The van der Waals surface area contributed by atoms with Crippen LogP contribution in [0.3, 0.4) is 0 Å². The van der Waals surface area contributed by atoms with Gasteiger partial charge < -0.3 is 10.2 Å². The summed E-state index contributed by atoms with van der Waals surface area (Å²) >= 11 is 1.62. The summed E-state index contributed by atoms with van der Waals surface area (Å²) in [5.41, 5.74) is 2.95. The van der Waals surface area contributed by atoms with Gasteiger partial charge in [-0.2, -0.15) is 0 Å². The maximum atomic E-state index is 13.6. The van der Waals surface area contributed by atoms with Gasteiger partial charge in [-0.25, -0.2) is 4.39 Å². The Balaban J connectivity index is 1.84. The molecule has 0 aliphatic carbocycles. The highest BCUT2D eigenvalue weighted by Gasteiger charge is 2.30. The van der Waals surface area contributed by atoms with Crippen molar-refractivity contribution in [3.63, 3.8) is 0 Å². The molecule has 0 radical (unpaired) electrons. The largest absolute Gasteiger partial charge is 0.352 e. The van der Waals surface area contributed by atoms with E-state index in [9.17, 15) is 14.0 Å². The maximum absolute atomic E-state index is 13.6. The van der Waals surface area contributed by atoms with Crippen molar-refractivity contribution in [2.24, 2.45) is 0 Å². The van der Waals surface area contributed by atoms with E-state index < -0.39 is 6.04 Å². The number of hydrogen-bond acceptors (Lipinski definition) is 3. The lowest BCUT2D eigenvalue weighted by Gasteiger charge is -2.32. The second kappa shape index (κ2) is 13.8. The predicted molar refractivity (Wildman–Crippen MR) is 145 cm³/mol. The van der Waals surface area contributed by atoms with Crippen LogP contribution in [-0.2, 0) is 22.6 Å². The average molecular weight is 507 g/mol. The molecule has 6 heteroatoms. The first-order chi connectivity index (χ1) is 17.4. The fourth-order valence-electron chi connectivity index (χ4n) is 3.82. The van der Waals surface area contributed by atoms with E-state index in [0.29, 0.717) is 18.6 Å². The van der Waals surface area contributed by atoms with Crippen LogP contribution in [0.15, 0.2) is 83.8 Å². The third-order valence-corrected chi connectivity index (χ3v) is 7.16. The van der Waals surface area contributed by atoms with Crippen LogP contribution in [0.2, 0.25) is 0 Å². The molecule has 0 saturated carbocycles. The van der Waals surface area contributed by atoms with E-state index in [1.54, 1.807) is 28.8 Å². The lowest BCUT2D eigenvalue weighted by molar-refractivity contribution is -0.141. The van der Waals surface area contributed by atoms with Gasteiger partial charge in [-0.1, -0.05) is 67.1 Å². The smallest absolute Gasteiger partial charge is 0.243 e. The zero-order chi connectivity index (χ0) is 25.9. The number of carbonyl (C=O) groups excluding carboxylic acids is 2. The molecular formula is C30H35FN2O2S. The SMILES string of the molecule is CC[C@@H](C)NC(=O)[C@@H](Cc1ccccc1)N(Cc1ccc(F)cc1)C(=O)CCSc1ccc(C)cc1. The minimum Gasteiger partial charge on any atom is -0.352 e. The molecule has 0 aliphatic heterocycles. The van der Waals surface area contributed by atoms with Crippen molar-refractivity contribution in [2.75, 3.05) is 5.75 Å². The highest BCUT2D eigenvalue weighted by Crippen LogP contribution is 2.21. The lowest BCUT2D eigenvalue weighted by atomic mass is 10.0. The van der Waals surface area contributed by atoms with Gasteiger partial charge in [0.1, 0.15) is 11.9 Å². The number of aryl methyl sites for hydroxylation is 1. The molecule has 3 aromatic carbocycles. The topological polar surface area (TPSA) is 49.4 Å². The van der Waals surface area contributed by atoms with E-state index in [-0.39, 0.29) is 30.2 Å². The molecule has 2 atom stereocenters. The Hall–Kier alpha value is -3.12. The van der Waals surface area contributed by atoms with E-state index >= 15 is 0 Å². The third-order valence-electron chi connectivity index (χ3n) is 6.14. The van der Waals surface area contributed by atoms with Crippen molar-refractivity contribution in [2.45, 2.75) is 63.6 Å². The van der Waals surface area contributed by atoms with Crippen molar-refractivity contribution in [3.05, 3.63) is 101 Å². The Morgan fingerprint density at radius 1 is 0.944 bits per heavy atom. The van der Waals surface area contributed by atoms with Crippen LogP contribution >= 0.6 is 11.8 Å². The van der Waals surface area contributed by atoms with Crippen LogP contribution < -0.4 is 5.32 Å². The second-order valence-electron chi connectivity index (χ2n) is 9.08. The zero-order valence-electron chi connectivity index (χ0n) is 21.2. The molecule has 0 aliphatic rings. The van der Waals surface area contributed by atoms with Gasteiger partial charge in [0.25, 0.3) is 0 Å². The number of thioether (sulfide) groups is 1. The van der Waals surface area contributed by atoms with E-state index in [1.165, 1.54) is 17.7 Å². The molecule has 0 spiro atoms. The summed E-state index contributed by atoms with van der Waals surface area (Å²) in [5, 5.41) is 3.07. The Bertz CT molecular complexity index is 1100. The predicted octanol–water partition coefficient (Wildman–Crippen LogP) is 6.17. The number of carbonyl (C=O) groups is 2. The van der Waals surface area contributed by atoms with Crippen LogP contribution in [-0.4, -0.2) is 34.6 Å². The van der Waals surface area contributed by atoms with Crippen molar-refractivity contribution in [3.8, 4) is 0 Å². The Kier molecular flexibility index (Phi) is 10.6. The fourth-order valence-corrected chi connectivity index (χ4v) is 4.66. The average Bonchev–Trinajstić information content (AvgIpc) is 2.88. The Labute approximate surface area is 218 Å². The van der Waals surface area contributed by atoms with Crippen molar-refractivity contribution in [1.82, 2.24) is 10.2 Å². The highest BCUT2D eigenvalue weighted by molar-refractivity contribution is 7.99. The molecule has 2 amide bonds. The fraction of sp³-hybridized carbons (Fsp3) is 0.333. The van der Waals surface area contributed by atoms with Gasteiger partial charge in [0.05, 0.1) is 0 Å². The number of rotatable bonds is 12. The molecule has 36 heavy (non-hydrogen) atoms. The van der Waals surface area contributed by atoms with Crippen LogP contribution in [0.4, 0.5) is 4.39 Å². The summed E-state index contributed by atoms with van der Waals surface area (Å²) in [6.07, 6.45) is 1.49. The molecule has 4 nitrogen and oxygen atoms in total. The minimum atomic E-state index is -0.677. The molecule has 0 bridgehead atoms. The molecule has 1 N–H and O–H groups in total. The van der Waals surface area contributed by atoms with Crippen LogP contribution in [0.5, 0.6) is 0 Å². The molecular weight excluding hydrogens is 471 g/mol. The molecule has 0 aromatic heterocycles. The molecule has 0 unspecified atom stereocenters. The minimum absolute atomic E-state index is 0.00404. The van der Waals surface area contributed by atoms with Crippen LogP contribution in [0, 0.1) is 12.7 Å². The Morgan fingerprint density at radius 2 is 1.61 bits per heavy atom. The zero-order valence-corrected chi connectivity index (χ0v) is 22.1. The lowest BCUT2D eigenvalue weighted by Crippen LogP contribution is -2.52. The van der Waals surface area contributed by atoms with Crippen molar-refractivity contribution >= 4 is 23.6 Å². The van der Waals surface area contributed by atoms with Gasteiger partial charge in [0.15, 0.2) is 0 Å². The summed E-state index contributed by atoms with van der Waals surface area (Å²) in [5.74, 6) is 0.00263. The van der Waals surface area contributed by atoms with Crippen molar-refractivity contribution < 1.29 is 14.0 Å². The molecule has 0 saturated heterocycles. The number of nitrogens with one attached hydrogen (secondary N) is 1. The number of benzene rings is 3. The quantitative estimate of drug-likeness (QED) is 0.299. The van der Waals surface area contributed by atoms with Crippen molar-refractivity contribution in [1.29, 1.82) is 0 Å². The Morgan fingerprint density at radius 3 is 2.25 bits per heavy atom. The summed E-state index contributed by atoms with van der Waals surface area (Å²) in [6, 6.07) is 23.4. The highest BCUT2D eigenvalue weighted by atomic mass is 32.2. The van der Waals surface area contributed by atoms with Gasteiger partial charge in [-0.3, -0.25) is 9.59 Å². The molecule has 3 aromatic rings. The van der Waals surface area contributed by atoms with Gasteiger partial charge in [0, 0.05) is 36.1 Å². The summed E-state index contributed by atoms with van der Waals surface area (Å²) < 4.78 is 13.5. The maximum Gasteiger partial charge on any atom is 0.243 e. The number of halogens is 1. The third kappa shape index (κ3) is 8.52. The first kappa shape index (κ1) is 27.5. The molecule has 0 heterocycles. The number of nitrogens with zero attached hydrogens (tertiary/aromatic N) is 1. The van der Waals surface area contributed by atoms with E-state index in [0.717, 1.165) is 22.4 Å². The molecule has 3 rings (SSSR count). The molecule has 190 valence electrons. The summed E-state index contributed by atoms with van der Waals surface area (Å²) in [4.78, 5) is 29.8. The van der Waals surface area contributed by atoms with Gasteiger partial charge in [-0.15, -0.1) is 11.8 Å².